The Hall–Kier alpha value is -4.21. The number of pyridine rings is 1. The fourth-order valence-electron chi connectivity index (χ4n) is 4.10. The van der Waals surface area contributed by atoms with Crippen molar-refractivity contribution in [2.45, 2.75) is 33.4 Å². The first-order valence-corrected chi connectivity index (χ1v) is 11.0. The summed E-state index contributed by atoms with van der Waals surface area (Å²) in [4.78, 5) is 39.9. The molecule has 1 aliphatic rings. The molecule has 0 aliphatic carbocycles. The van der Waals surface area contributed by atoms with Gasteiger partial charge in [-0.2, -0.15) is 4.68 Å². The fourth-order valence-corrected chi connectivity index (χ4v) is 4.10. The lowest BCUT2D eigenvalue weighted by atomic mass is 10.0. The number of carbonyl (C=O) groups excluding carboxylic acids is 2. The predicted molar refractivity (Wildman–Crippen MR) is 124 cm³/mol. The van der Waals surface area contributed by atoms with Crippen LogP contribution in [0.25, 0.3) is 21.9 Å². The molecular formula is C24H23N5O5. The number of aryl methyl sites for hydroxylation is 1. The summed E-state index contributed by atoms with van der Waals surface area (Å²) in [5.41, 5.74) is 1.25. The van der Waals surface area contributed by atoms with Gasteiger partial charge >= 0.3 is 0 Å². The van der Waals surface area contributed by atoms with Crippen molar-refractivity contribution in [3.05, 3.63) is 58.4 Å². The Bertz CT molecular complexity index is 1500. The smallest absolute Gasteiger partial charge is 0.271 e. The van der Waals surface area contributed by atoms with Crippen LogP contribution in [0.5, 0.6) is 11.5 Å². The minimum Gasteiger partial charge on any atom is -0.454 e. The first-order valence-electron chi connectivity index (χ1n) is 11.0. The molecule has 0 saturated carbocycles. The lowest BCUT2D eigenvalue weighted by molar-refractivity contribution is 0.0764. The van der Waals surface area contributed by atoms with Gasteiger partial charge < -0.3 is 19.4 Å². The normalized spacial score (nSPS) is 13.5. The van der Waals surface area contributed by atoms with Crippen LogP contribution >= 0.6 is 0 Å². The van der Waals surface area contributed by atoms with Crippen LogP contribution < -0.4 is 20.2 Å². The molecule has 2 aromatic heterocycles. The van der Waals surface area contributed by atoms with Crippen molar-refractivity contribution in [2.75, 3.05) is 6.79 Å². The number of amides is 1. The van der Waals surface area contributed by atoms with E-state index < -0.39 is 23.3 Å². The van der Waals surface area contributed by atoms with E-state index in [1.165, 1.54) is 10.9 Å². The van der Waals surface area contributed by atoms with Crippen LogP contribution in [0, 0.1) is 5.92 Å². The van der Waals surface area contributed by atoms with Crippen LogP contribution in [0.2, 0.25) is 0 Å². The van der Waals surface area contributed by atoms with Gasteiger partial charge in [0.1, 0.15) is 17.1 Å². The number of fused-ring (bicyclic) bond motifs is 3. The molecule has 2 aromatic carbocycles. The highest BCUT2D eigenvalue weighted by Gasteiger charge is 2.29. The molecule has 1 atom stereocenters. The Balaban J connectivity index is 1.52. The van der Waals surface area contributed by atoms with Crippen LogP contribution in [0.15, 0.2) is 47.4 Å². The molecule has 10 nitrogen and oxygen atoms in total. The molecule has 0 bridgehead atoms. The SMILES string of the molecule is CCn1cc(C(=O)N[C@H](C(=O)n2nnc3ccccc32)C(C)C)c(=O)c2cc3c(cc21)OCO3. The topological polar surface area (TPSA) is 117 Å². The summed E-state index contributed by atoms with van der Waals surface area (Å²) < 4.78 is 13.8. The van der Waals surface area contributed by atoms with E-state index in [9.17, 15) is 14.4 Å². The maximum absolute atomic E-state index is 13.3. The Morgan fingerprint density at radius 1 is 1.12 bits per heavy atom. The summed E-state index contributed by atoms with van der Waals surface area (Å²) in [5, 5.41) is 11.1. The van der Waals surface area contributed by atoms with Gasteiger partial charge in [-0.25, -0.2) is 0 Å². The number of ether oxygens (including phenoxy) is 2. The molecule has 3 heterocycles. The number of nitrogens with zero attached hydrogens (tertiary/aromatic N) is 4. The van der Waals surface area contributed by atoms with Gasteiger partial charge in [-0.3, -0.25) is 14.4 Å². The summed E-state index contributed by atoms with van der Waals surface area (Å²) in [6.45, 7) is 6.13. The fraction of sp³-hybridized carbons (Fsp3) is 0.292. The van der Waals surface area contributed by atoms with E-state index in [-0.39, 0.29) is 18.3 Å². The highest BCUT2D eigenvalue weighted by atomic mass is 16.7. The second kappa shape index (κ2) is 8.29. The van der Waals surface area contributed by atoms with Gasteiger partial charge in [-0.05, 0) is 31.0 Å². The molecule has 5 rings (SSSR count). The van der Waals surface area contributed by atoms with E-state index >= 15 is 0 Å². The zero-order valence-electron chi connectivity index (χ0n) is 18.9. The molecule has 0 saturated heterocycles. The van der Waals surface area contributed by atoms with Gasteiger partial charge in [0.2, 0.25) is 12.2 Å². The Morgan fingerprint density at radius 2 is 1.85 bits per heavy atom. The maximum atomic E-state index is 13.3. The molecule has 34 heavy (non-hydrogen) atoms. The third kappa shape index (κ3) is 3.47. The van der Waals surface area contributed by atoms with Crippen molar-refractivity contribution in [1.29, 1.82) is 0 Å². The summed E-state index contributed by atoms with van der Waals surface area (Å²) in [6.07, 6.45) is 1.51. The molecule has 10 heteroatoms. The van der Waals surface area contributed by atoms with E-state index in [1.54, 1.807) is 41.0 Å². The molecule has 0 spiro atoms. The zero-order chi connectivity index (χ0) is 24.0. The number of aromatic nitrogens is 4. The van der Waals surface area contributed by atoms with Crippen LogP contribution in [-0.2, 0) is 6.54 Å². The molecule has 174 valence electrons. The Morgan fingerprint density at radius 3 is 2.59 bits per heavy atom. The van der Waals surface area contributed by atoms with E-state index in [0.29, 0.717) is 40.0 Å². The van der Waals surface area contributed by atoms with Gasteiger partial charge in [0, 0.05) is 18.8 Å². The van der Waals surface area contributed by atoms with Gasteiger partial charge in [0.15, 0.2) is 11.5 Å². The predicted octanol–water partition coefficient (Wildman–Crippen LogP) is 2.59. The second-order valence-electron chi connectivity index (χ2n) is 8.40. The monoisotopic (exact) mass is 461 g/mol. The minimum atomic E-state index is -0.917. The van der Waals surface area contributed by atoms with Crippen molar-refractivity contribution >= 4 is 33.8 Å². The number of para-hydroxylation sites is 1. The summed E-state index contributed by atoms with van der Waals surface area (Å²) in [6, 6.07) is 9.49. The van der Waals surface area contributed by atoms with Crippen molar-refractivity contribution < 1.29 is 19.1 Å². The maximum Gasteiger partial charge on any atom is 0.271 e. The van der Waals surface area contributed by atoms with E-state index in [1.807, 2.05) is 20.8 Å². The summed E-state index contributed by atoms with van der Waals surface area (Å²) in [7, 11) is 0. The number of rotatable bonds is 5. The molecule has 4 aromatic rings. The Labute approximate surface area is 194 Å². The van der Waals surface area contributed by atoms with E-state index in [4.69, 9.17) is 9.47 Å². The molecular weight excluding hydrogens is 438 g/mol. The average Bonchev–Trinajstić information content (AvgIpc) is 3.47. The lowest BCUT2D eigenvalue weighted by Crippen LogP contribution is -2.48. The first-order chi connectivity index (χ1) is 16.4. The van der Waals surface area contributed by atoms with Gasteiger partial charge in [-0.15, -0.1) is 5.10 Å². The molecule has 0 radical (unpaired) electrons. The van der Waals surface area contributed by atoms with Gasteiger partial charge in [-0.1, -0.05) is 31.2 Å². The van der Waals surface area contributed by atoms with Crippen LogP contribution in [0.3, 0.4) is 0 Å². The van der Waals surface area contributed by atoms with Crippen LogP contribution in [0.4, 0.5) is 0 Å². The van der Waals surface area contributed by atoms with E-state index in [2.05, 4.69) is 15.6 Å². The van der Waals surface area contributed by atoms with Gasteiger partial charge in [0.05, 0.1) is 16.4 Å². The largest absolute Gasteiger partial charge is 0.454 e. The number of carbonyl (C=O) groups is 2. The number of nitrogens with one attached hydrogen (secondary N) is 1. The molecule has 0 fully saturated rings. The van der Waals surface area contributed by atoms with Gasteiger partial charge in [0.25, 0.3) is 11.8 Å². The number of hydrogen-bond donors (Lipinski definition) is 1. The highest BCUT2D eigenvalue weighted by molar-refractivity contribution is 6.01. The van der Waals surface area contributed by atoms with Crippen molar-refractivity contribution in [3.63, 3.8) is 0 Å². The minimum absolute atomic E-state index is 0.0601. The van der Waals surface area contributed by atoms with E-state index in [0.717, 1.165) is 0 Å². The van der Waals surface area contributed by atoms with Crippen LogP contribution in [0.1, 0.15) is 35.9 Å². The molecule has 0 unspecified atom stereocenters. The molecule has 1 aliphatic heterocycles. The number of benzene rings is 2. The van der Waals surface area contributed by atoms with Crippen molar-refractivity contribution in [3.8, 4) is 11.5 Å². The zero-order valence-corrected chi connectivity index (χ0v) is 18.9. The van der Waals surface area contributed by atoms with Crippen LogP contribution in [-0.4, -0.2) is 44.2 Å². The summed E-state index contributed by atoms with van der Waals surface area (Å²) in [5.74, 6) is -0.322. The third-order valence-corrected chi connectivity index (χ3v) is 5.94. The summed E-state index contributed by atoms with van der Waals surface area (Å²) >= 11 is 0. The van der Waals surface area contributed by atoms with Crippen molar-refractivity contribution in [2.24, 2.45) is 5.92 Å². The quantitative estimate of drug-likeness (QED) is 0.485. The number of hydrogen-bond acceptors (Lipinski definition) is 7. The molecule has 1 N–H and O–H groups in total. The standard InChI is InChI=1S/C24H23N5O5/c1-4-28-11-15(22(30)14-9-19-20(10-18(14)28)34-12-33-19)23(31)25-21(13(2)3)24(32)29-17-8-6-5-7-16(17)26-27-29/h5-11,13,21H,4,12H2,1-3H3,(H,25,31)/t21-/m0/s1. The highest BCUT2D eigenvalue weighted by Crippen LogP contribution is 2.35. The lowest BCUT2D eigenvalue weighted by Gasteiger charge is -2.21. The average molecular weight is 461 g/mol. The van der Waals surface area contributed by atoms with Crippen molar-refractivity contribution in [1.82, 2.24) is 24.9 Å². The Kier molecular flexibility index (Phi) is 5.27. The second-order valence-corrected chi connectivity index (χ2v) is 8.40. The third-order valence-electron chi connectivity index (χ3n) is 5.94. The molecule has 1 amide bonds. The first kappa shape index (κ1) is 21.6.